The van der Waals surface area contributed by atoms with Crippen LogP contribution in [0.4, 0.5) is 0 Å². The first-order valence-corrected chi connectivity index (χ1v) is 7.00. The van der Waals surface area contributed by atoms with Crippen LogP contribution in [0.5, 0.6) is 11.5 Å². The van der Waals surface area contributed by atoms with Gasteiger partial charge in [0.25, 0.3) is 0 Å². The van der Waals surface area contributed by atoms with E-state index >= 15 is 0 Å². The minimum atomic E-state index is 0.300. The third-order valence-corrected chi connectivity index (χ3v) is 4.04. The van der Waals surface area contributed by atoms with Crippen molar-refractivity contribution in [3.63, 3.8) is 0 Å². The number of benzene rings is 1. The molecule has 19 heavy (non-hydrogen) atoms. The van der Waals surface area contributed by atoms with Crippen molar-refractivity contribution < 1.29 is 9.47 Å². The highest BCUT2D eigenvalue weighted by Crippen LogP contribution is 2.39. The maximum atomic E-state index is 6.19. The summed E-state index contributed by atoms with van der Waals surface area (Å²) in [7, 11) is 3.83. The van der Waals surface area contributed by atoms with Crippen molar-refractivity contribution in [1.82, 2.24) is 10.2 Å². The Bertz CT molecular complexity index is 438. The Hall–Kier alpha value is -1.26. The Morgan fingerprint density at radius 1 is 1.32 bits per heavy atom. The van der Waals surface area contributed by atoms with Crippen LogP contribution in [0.25, 0.3) is 0 Å². The van der Waals surface area contributed by atoms with Gasteiger partial charge in [-0.1, -0.05) is 12.1 Å². The molecule has 0 radical (unpaired) electrons. The van der Waals surface area contributed by atoms with Gasteiger partial charge in [-0.2, -0.15) is 0 Å². The molecule has 4 heteroatoms. The highest BCUT2D eigenvalue weighted by molar-refractivity contribution is 5.49. The molecule has 2 fully saturated rings. The quantitative estimate of drug-likeness (QED) is 0.891. The summed E-state index contributed by atoms with van der Waals surface area (Å²) < 4.78 is 11.7. The van der Waals surface area contributed by atoms with E-state index in [1.54, 1.807) is 7.11 Å². The molecule has 1 atom stereocenters. The summed E-state index contributed by atoms with van der Waals surface area (Å²) in [5.41, 5.74) is 1.29. The smallest absolute Gasteiger partial charge is 0.165 e. The third-order valence-electron chi connectivity index (χ3n) is 4.04. The summed E-state index contributed by atoms with van der Waals surface area (Å²) in [6, 6.07) is 6.23. The zero-order valence-corrected chi connectivity index (χ0v) is 11.7. The van der Waals surface area contributed by atoms with Gasteiger partial charge in [0.15, 0.2) is 11.5 Å². The van der Waals surface area contributed by atoms with Crippen molar-refractivity contribution in [3.05, 3.63) is 23.8 Å². The Morgan fingerprint density at radius 2 is 2.16 bits per heavy atom. The van der Waals surface area contributed by atoms with Gasteiger partial charge in [-0.3, -0.25) is 4.90 Å². The van der Waals surface area contributed by atoms with E-state index in [0.717, 1.165) is 37.7 Å². The predicted molar refractivity (Wildman–Crippen MR) is 75.1 cm³/mol. The van der Waals surface area contributed by atoms with Crippen LogP contribution in [0.2, 0.25) is 0 Å². The van der Waals surface area contributed by atoms with E-state index in [2.05, 4.69) is 29.4 Å². The highest BCUT2D eigenvalue weighted by Gasteiger charge is 2.29. The summed E-state index contributed by atoms with van der Waals surface area (Å²) in [5.74, 6) is 2.36. The number of rotatable bonds is 4. The topological polar surface area (TPSA) is 33.7 Å². The van der Waals surface area contributed by atoms with Crippen LogP contribution in [-0.4, -0.2) is 51.3 Å². The minimum Gasteiger partial charge on any atom is -0.493 e. The number of likely N-dealkylation sites (tertiary alicyclic amines) is 1. The van der Waals surface area contributed by atoms with Gasteiger partial charge < -0.3 is 14.8 Å². The average molecular weight is 262 g/mol. The molecule has 0 spiro atoms. The number of nitrogens with zero attached hydrogens (tertiary/aromatic N) is 1. The summed E-state index contributed by atoms with van der Waals surface area (Å²) in [6.45, 7) is 4.13. The molecule has 0 amide bonds. The molecule has 1 aromatic carbocycles. The third kappa shape index (κ3) is 2.55. The lowest BCUT2D eigenvalue weighted by Gasteiger charge is -2.37. The molecular formula is C15H22N2O2. The van der Waals surface area contributed by atoms with E-state index in [-0.39, 0.29) is 0 Å². The van der Waals surface area contributed by atoms with E-state index in [0.29, 0.717) is 12.0 Å². The number of methoxy groups -OCH3 is 1. The van der Waals surface area contributed by atoms with E-state index in [1.165, 1.54) is 12.0 Å². The average Bonchev–Trinajstić information content (AvgIpc) is 2.91. The molecule has 2 aliphatic rings. The Kier molecular flexibility index (Phi) is 3.62. The second-order valence-electron chi connectivity index (χ2n) is 5.53. The highest BCUT2D eigenvalue weighted by atomic mass is 16.5. The van der Waals surface area contributed by atoms with Gasteiger partial charge >= 0.3 is 0 Å². The van der Waals surface area contributed by atoms with Gasteiger partial charge in [0.05, 0.1) is 7.11 Å². The van der Waals surface area contributed by atoms with Gasteiger partial charge in [-0.05, 0) is 26.1 Å². The first-order chi connectivity index (χ1) is 9.28. The molecule has 1 aromatic rings. The summed E-state index contributed by atoms with van der Waals surface area (Å²) >= 11 is 0. The fourth-order valence-electron chi connectivity index (χ4n) is 2.94. The molecule has 0 saturated carbocycles. The molecule has 2 heterocycles. The van der Waals surface area contributed by atoms with Gasteiger partial charge in [0.1, 0.15) is 6.10 Å². The molecular weight excluding hydrogens is 240 g/mol. The van der Waals surface area contributed by atoms with Crippen molar-refractivity contribution >= 4 is 0 Å². The first kappa shape index (κ1) is 12.8. The fraction of sp³-hybridized carbons (Fsp3) is 0.600. The van der Waals surface area contributed by atoms with Crippen molar-refractivity contribution in [2.45, 2.75) is 18.4 Å². The molecule has 0 aliphatic carbocycles. The normalized spacial score (nSPS) is 24.2. The largest absolute Gasteiger partial charge is 0.493 e. The Labute approximate surface area is 114 Å². The van der Waals surface area contributed by atoms with Crippen LogP contribution >= 0.6 is 0 Å². The molecule has 1 N–H and O–H groups in total. The molecule has 3 rings (SSSR count). The van der Waals surface area contributed by atoms with Crippen LogP contribution in [0.15, 0.2) is 18.2 Å². The van der Waals surface area contributed by atoms with Gasteiger partial charge in [0.2, 0.25) is 0 Å². The lowest BCUT2D eigenvalue weighted by Crippen LogP contribution is -2.51. The standard InChI is InChI=1S/C15H22N2O2/c1-17-9-12(10-17)19-15-13(11-6-7-16-8-11)4-3-5-14(15)18-2/h3-5,11-12,16H,6-10H2,1-2H3. The number of para-hydroxylation sites is 1. The van der Waals surface area contributed by atoms with Gasteiger partial charge in [-0.25, -0.2) is 0 Å². The number of nitrogens with one attached hydrogen (secondary N) is 1. The second-order valence-corrected chi connectivity index (χ2v) is 5.53. The molecule has 0 aromatic heterocycles. The molecule has 104 valence electrons. The summed E-state index contributed by atoms with van der Waals surface area (Å²) in [6.07, 6.45) is 1.48. The number of likely N-dealkylation sites (N-methyl/N-ethyl adjacent to an activating group) is 1. The lowest BCUT2D eigenvalue weighted by molar-refractivity contribution is 0.0360. The molecule has 2 aliphatic heterocycles. The maximum Gasteiger partial charge on any atom is 0.165 e. The van der Waals surface area contributed by atoms with Crippen molar-refractivity contribution in [3.8, 4) is 11.5 Å². The van der Waals surface area contributed by atoms with E-state index in [9.17, 15) is 0 Å². The molecule has 1 unspecified atom stereocenters. The first-order valence-electron chi connectivity index (χ1n) is 7.00. The second kappa shape index (κ2) is 5.39. The van der Waals surface area contributed by atoms with Crippen molar-refractivity contribution in [1.29, 1.82) is 0 Å². The zero-order chi connectivity index (χ0) is 13.2. The Balaban J connectivity index is 1.84. The van der Waals surface area contributed by atoms with Crippen LogP contribution in [-0.2, 0) is 0 Å². The van der Waals surface area contributed by atoms with Crippen molar-refractivity contribution in [2.24, 2.45) is 0 Å². The monoisotopic (exact) mass is 262 g/mol. The Morgan fingerprint density at radius 3 is 2.79 bits per heavy atom. The summed E-state index contributed by atoms with van der Waals surface area (Å²) in [5, 5.41) is 3.42. The van der Waals surface area contributed by atoms with Crippen LogP contribution in [0.1, 0.15) is 17.9 Å². The van der Waals surface area contributed by atoms with Gasteiger partial charge in [0, 0.05) is 31.1 Å². The van der Waals surface area contributed by atoms with Gasteiger partial charge in [-0.15, -0.1) is 0 Å². The van der Waals surface area contributed by atoms with E-state index in [4.69, 9.17) is 9.47 Å². The SMILES string of the molecule is COc1cccc(C2CCNC2)c1OC1CN(C)C1. The van der Waals surface area contributed by atoms with E-state index < -0.39 is 0 Å². The number of ether oxygens (including phenoxy) is 2. The lowest BCUT2D eigenvalue weighted by atomic mass is 9.97. The van der Waals surface area contributed by atoms with Crippen molar-refractivity contribution in [2.75, 3.05) is 40.3 Å². The number of hydrogen-bond acceptors (Lipinski definition) is 4. The minimum absolute atomic E-state index is 0.300. The maximum absolute atomic E-state index is 6.19. The molecule has 2 saturated heterocycles. The number of hydrogen-bond donors (Lipinski definition) is 1. The fourth-order valence-corrected chi connectivity index (χ4v) is 2.94. The van der Waals surface area contributed by atoms with Crippen LogP contribution in [0, 0.1) is 0 Å². The molecule has 0 bridgehead atoms. The van der Waals surface area contributed by atoms with Crippen LogP contribution < -0.4 is 14.8 Å². The van der Waals surface area contributed by atoms with Crippen LogP contribution in [0.3, 0.4) is 0 Å². The molecule has 4 nitrogen and oxygen atoms in total. The summed E-state index contributed by atoms with van der Waals surface area (Å²) in [4.78, 5) is 2.26. The zero-order valence-electron chi connectivity index (χ0n) is 11.7. The van der Waals surface area contributed by atoms with E-state index in [1.807, 2.05) is 6.07 Å². The predicted octanol–water partition coefficient (Wildman–Crippen LogP) is 1.46.